The summed E-state index contributed by atoms with van der Waals surface area (Å²) in [7, 11) is -0.0815. The minimum absolute atomic E-state index is 0.0987. The van der Waals surface area contributed by atoms with Gasteiger partial charge in [-0.2, -0.15) is 4.31 Å². The zero-order valence-electron chi connectivity index (χ0n) is 12.6. The third kappa shape index (κ3) is 4.23. The Morgan fingerprint density at radius 3 is 2.86 bits per heavy atom. The Kier molecular flexibility index (Phi) is 5.69. The highest BCUT2D eigenvalue weighted by Gasteiger charge is 2.26. The Morgan fingerprint density at radius 2 is 2.29 bits per heavy atom. The van der Waals surface area contributed by atoms with E-state index in [1.54, 1.807) is 25.4 Å². The molecule has 1 aromatic heterocycles. The van der Waals surface area contributed by atoms with Crippen LogP contribution in [-0.4, -0.2) is 51.6 Å². The zero-order chi connectivity index (χ0) is 15.3. The zero-order valence-corrected chi connectivity index (χ0v) is 13.4. The number of rotatable bonds is 6. The molecule has 1 atom stereocenters. The van der Waals surface area contributed by atoms with E-state index in [2.05, 4.69) is 10.3 Å². The first-order valence-corrected chi connectivity index (χ1v) is 8.61. The second-order valence-corrected chi connectivity index (χ2v) is 7.40. The van der Waals surface area contributed by atoms with Gasteiger partial charge in [-0.05, 0) is 37.4 Å². The molecule has 1 unspecified atom stereocenters. The van der Waals surface area contributed by atoms with Gasteiger partial charge in [0.2, 0.25) is 0 Å². The SMILES string of the molecule is CNCc1ccc(S(=O)(=O)N(C)CC2CCCOC2)nc1. The van der Waals surface area contributed by atoms with Crippen molar-refractivity contribution in [3.63, 3.8) is 0 Å². The van der Waals surface area contributed by atoms with Crippen molar-refractivity contribution >= 4 is 10.0 Å². The summed E-state index contributed by atoms with van der Waals surface area (Å²) >= 11 is 0. The number of sulfonamides is 1. The van der Waals surface area contributed by atoms with Crippen molar-refractivity contribution in [2.45, 2.75) is 24.4 Å². The Morgan fingerprint density at radius 1 is 1.48 bits per heavy atom. The molecule has 21 heavy (non-hydrogen) atoms. The van der Waals surface area contributed by atoms with Gasteiger partial charge in [-0.15, -0.1) is 0 Å². The lowest BCUT2D eigenvalue weighted by molar-refractivity contribution is 0.0495. The molecule has 7 heteroatoms. The van der Waals surface area contributed by atoms with E-state index in [1.807, 2.05) is 7.05 Å². The van der Waals surface area contributed by atoms with Crippen LogP contribution in [0.1, 0.15) is 18.4 Å². The minimum atomic E-state index is -3.52. The number of aromatic nitrogens is 1. The summed E-state index contributed by atoms with van der Waals surface area (Å²) in [4.78, 5) is 4.08. The average Bonchev–Trinajstić information content (AvgIpc) is 2.49. The molecule has 1 aliphatic heterocycles. The van der Waals surface area contributed by atoms with Gasteiger partial charge in [0.15, 0.2) is 5.03 Å². The fraction of sp³-hybridized carbons (Fsp3) is 0.643. The van der Waals surface area contributed by atoms with Crippen molar-refractivity contribution in [1.29, 1.82) is 0 Å². The molecular formula is C14H23N3O3S. The fourth-order valence-electron chi connectivity index (χ4n) is 2.44. The van der Waals surface area contributed by atoms with Crippen LogP contribution in [0.2, 0.25) is 0 Å². The van der Waals surface area contributed by atoms with Gasteiger partial charge >= 0.3 is 0 Å². The molecule has 1 saturated heterocycles. The first kappa shape index (κ1) is 16.4. The van der Waals surface area contributed by atoms with E-state index in [9.17, 15) is 8.42 Å². The third-order valence-corrected chi connectivity index (χ3v) is 5.36. The largest absolute Gasteiger partial charge is 0.381 e. The molecule has 1 aliphatic rings. The van der Waals surface area contributed by atoms with E-state index < -0.39 is 10.0 Å². The monoisotopic (exact) mass is 313 g/mol. The first-order valence-electron chi connectivity index (χ1n) is 7.17. The van der Waals surface area contributed by atoms with Crippen LogP contribution >= 0.6 is 0 Å². The summed E-state index contributed by atoms with van der Waals surface area (Å²) in [6.45, 7) is 2.56. The van der Waals surface area contributed by atoms with Crippen molar-refractivity contribution in [3.05, 3.63) is 23.9 Å². The highest BCUT2D eigenvalue weighted by Crippen LogP contribution is 2.18. The summed E-state index contributed by atoms with van der Waals surface area (Å²) in [5.74, 6) is 0.266. The average molecular weight is 313 g/mol. The second-order valence-electron chi connectivity index (χ2n) is 5.40. The summed E-state index contributed by atoms with van der Waals surface area (Å²) in [6.07, 6.45) is 3.60. The number of nitrogens with zero attached hydrogens (tertiary/aromatic N) is 2. The fourth-order valence-corrected chi connectivity index (χ4v) is 3.60. The van der Waals surface area contributed by atoms with E-state index in [0.29, 0.717) is 19.7 Å². The highest BCUT2D eigenvalue weighted by atomic mass is 32.2. The van der Waals surface area contributed by atoms with Crippen LogP contribution in [0.25, 0.3) is 0 Å². The van der Waals surface area contributed by atoms with Gasteiger partial charge in [0.25, 0.3) is 10.0 Å². The van der Waals surface area contributed by atoms with Crippen molar-refractivity contribution in [1.82, 2.24) is 14.6 Å². The molecule has 6 nitrogen and oxygen atoms in total. The molecular weight excluding hydrogens is 290 g/mol. The van der Waals surface area contributed by atoms with Crippen molar-refractivity contribution in [3.8, 4) is 0 Å². The van der Waals surface area contributed by atoms with Crippen LogP contribution in [0.4, 0.5) is 0 Å². The summed E-state index contributed by atoms with van der Waals surface area (Å²) in [5.41, 5.74) is 0.958. The maximum absolute atomic E-state index is 12.5. The summed E-state index contributed by atoms with van der Waals surface area (Å²) in [5, 5.41) is 3.10. The summed E-state index contributed by atoms with van der Waals surface area (Å²) in [6, 6.07) is 3.35. The molecule has 2 heterocycles. The normalized spacial score (nSPS) is 19.9. The second kappa shape index (κ2) is 7.31. The van der Waals surface area contributed by atoms with Gasteiger partial charge in [0.1, 0.15) is 0 Å². The highest BCUT2D eigenvalue weighted by molar-refractivity contribution is 7.89. The lowest BCUT2D eigenvalue weighted by atomic mass is 10.0. The predicted octanol–water partition coefficient (Wildman–Crippen LogP) is 0.848. The van der Waals surface area contributed by atoms with Crippen LogP contribution in [0, 0.1) is 5.92 Å². The van der Waals surface area contributed by atoms with Gasteiger partial charge < -0.3 is 10.1 Å². The maximum Gasteiger partial charge on any atom is 0.260 e. The quantitative estimate of drug-likeness (QED) is 0.843. The molecule has 0 amide bonds. The Balaban J connectivity index is 2.05. The van der Waals surface area contributed by atoms with E-state index in [1.165, 1.54) is 4.31 Å². The molecule has 0 saturated carbocycles. The van der Waals surface area contributed by atoms with E-state index in [-0.39, 0.29) is 10.9 Å². The van der Waals surface area contributed by atoms with E-state index >= 15 is 0 Å². The van der Waals surface area contributed by atoms with Gasteiger partial charge in [-0.1, -0.05) is 6.07 Å². The van der Waals surface area contributed by atoms with Gasteiger partial charge in [0.05, 0.1) is 6.61 Å². The molecule has 2 rings (SSSR count). The Labute approximate surface area is 126 Å². The minimum Gasteiger partial charge on any atom is -0.381 e. The van der Waals surface area contributed by atoms with Gasteiger partial charge in [-0.25, -0.2) is 13.4 Å². The Bertz CT molecular complexity index is 539. The van der Waals surface area contributed by atoms with E-state index in [0.717, 1.165) is 25.0 Å². The van der Waals surface area contributed by atoms with Gasteiger partial charge in [-0.3, -0.25) is 0 Å². The molecule has 0 aromatic carbocycles. The molecule has 118 valence electrons. The number of ether oxygens (including phenoxy) is 1. The van der Waals surface area contributed by atoms with Crippen LogP contribution in [0.3, 0.4) is 0 Å². The number of hydrogen-bond acceptors (Lipinski definition) is 5. The smallest absolute Gasteiger partial charge is 0.260 e. The van der Waals surface area contributed by atoms with Crippen LogP contribution < -0.4 is 5.32 Å². The first-order chi connectivity index (χ1) is 10.0. The molecule has 1 aromatic rings. The van der Waals surface area contributed by atoms with Crippen LogP contribution in [0.5, 0.6) is 0 Å². The third-order valence-electron chi connectivity index (χ3n) is 3.62. The van der Waals surface area contributed by atoms with Crippen molar-refractivity contribution < 1.29 is 13.2 Å². The maximum atomic E-state index is 12.5. The Hall–Kier alpha value is -1.02. The number of pyridine rings is 1. The molecule has 1 N–H and O–H groups in total. The van der Waals surface area contributed by atoms with E-state index in [4.69, 9.17) is 4.74 Å². The summed E-state index contributed by atoms with van der Waals surface area (Å²) < 4.78 is 31.7. The lowest BCUT2D eigenvalue weighted by Gasteiger charge is -2.26. The van der Waals surface area contributed by atoms with Crippen LogP contribution in [-0.2, 0) is 21.3 Å². The number of hydrogen-bond donors (Lipinski definition) is 1. The number of nitrogens with one attached hydrogen (secondary N) is 1. The topological polar surface area (TPSA) is 71.5 Å². The molecule has 0 aliphatic carbocycles. The van der Waals surface area contributed by atoms with Gasteiger partial charge in [0, 0.05) is 32.9 Å². The molecule has 0 radical (unpaired) electrons. The molecule has 0 bridgehead atoms. The van der Waals surface area contributed by atoms with Crippen LogP contribution in [0.15, 0.2) is 23.4 Å². The van der Waals surface area contributed by atoms with Crippen molar-refractivity contribution in [2.75, 3.05) is 33.9 Å². The molecule has 0 spiro atoms. The standard InChI is InChI=1S/C14H23N3O3S/c1-15-8-12-5-6-14(16-9-12)21(18,19)17(2)10-13-4-3-7-20-11-13/h5-6,9,13,15H,3-4,7-8,10-11H2,1-2H3. The molecule has 1 fully saturated rings. The predicted molar refractivity (Wildman–Crippen MR) is 80.4 cm³/mol. The lowest BCUT2D eigenvalue weighted by Crippen LogP contribution is -2.35. The van der Waals surface area contributed by atoms with Crippen molar-refractivity contribution in [2.24, 2.45) is 5.92 Å².